The Morgan fingerprint density at radius 3 is 2.16 bits per heavy atom. The second-order valence-corrected chi connectivity index (χ2v) is 7.23. The number of rotatable bonds is 4. The van der Waals surface area contributed by atoms with Crippen LogP contribution in [0.5, 0.6) is 5.75 Å². The lowest BCUT2D eigenvalue weighted by molar-refractivity contribution is -0.274. The van der Waals surface area contributed by atoms with E-state index in [9.17, 15) is 22.8 Å². The summed E-state index contributed by atoms with van der Waals surface area (Å²) < 4.78 is 40.4. The van der Waals surface area contributed by atoms with Crippen molar-refractivity contribution in [3.63, 3.8) is 0 Å². The Balaban J connectivity index is 1.30. The van der Waals surface area contributed by atoms with Gasteiger partial charge >= 0.3 is 6.36 Å². The van der Waals surface area contributed by atoms with Gasteiger partial charge < -0.3 is 14.5 Å². The highest BCUT2D eigenvalue weighted by molar-refractivity contribution is 5.94. The number of carbonyl (C=O) groups is 2. The van der Waals surface area contributed by atoms with E-state index in [0.717, 1.165) is 11.1 Å². The Labute approximate surface area is 176 Å². The lowest BCUT2D eigenvalue weighted by Crippen LogP contribution is -2.36. The number of amides is 2. The van der Waals surface area contributed by atoms with Crippen molar-refractivity contribution in [3.05, 3.63) is 77.1 Å². The van der Waals surface area contributed by atoms with Crippen molar-refractivity contribution < 1.29 is 27.5 Å². The molecule has 4 rings (SSSR count). The fourth-order valence-corrected chi connectivity index (χ4v) is 3.58. The van der Waals surface area contributed by atoms with Crippen LogP contribution in [0.3, 0.4) is 0 Å². The number of nitrogens with zero attached hydrogens (tertiary/aromatic N) is 3. The van der Waals surface area contributed by atoms with Gasteiger partial charge in [-0.05, 0) is 47.1 Å². The SMILES string of the molecule is O=C(/C=C/c1ccc(OC(F)(F)F)cc1)N1CC2=C(C1)CN(C(=O)c1ccccn1)C2. The Bertz CT molecular complexity index is 1030. The first-order chi connectivity index (χ1) is 14.8. The molecule has 2 aliphatic rings. The molecule has 1 aromatic carbocycles. The predicted octanol–water partition coefficient (Wildman–Crippen LogP) is 3.29. The molecule has 3 heterocycles. The average Bonchev–Trinajstić information content (AvgIpc) is 3.31. The molecule has 0 saturated heterocycles. The summed E-state index contributed by atoms with van der Waals surface area (Å²) in [6.45, 7) is 1.84. The maximum absolute atomic E-state index is 12.5. The Morgan fingerprint density at radius 2 is 1.58 bits per heavy atom. The van der Waals surface area contributed by atoms with Crippen LogP contribution in [0.15, 0.2) is 65.9 Å². The number of hydrogen-bond donors (Lipinski definition) is 0. The summed E-state index contributed by atoms with van der Waals surface area (Å²) in [7, 11) is 0. The molecule has 2 aliphatic heterocycles. The molecule has 0 unspecified atom stereocenters. The van der Waals surface area contributed by atoms with E-state index in [1.54, 1.807) is 40.3 Å². The van der Waals surface area contributed by atoms with Crippen molar-refractivity contribution in [3.8, 4) is 5.75 Å². The number of halogens is 3. The maximum Gasteiger partial charge on any atom is 0.573 e. The number of hydrogen-bond acceptors (Lipinski definition) is 4. The van der Waals surface area contributed by atoms with Gasteiger partial charge in [-0.2, -0.15) is 0 Å². The van der Waals surface area contributed by atoms with E-state index in [1.165, 1.54) is 30.3 Å². The number of carbonyl (C=O) groups excluding carboxylic acids is 2. The van der Waals surface area contributed by atoms with Gasteiger partial charge in [-0.15, -0.1) is 13.2 Å². The zero-order valence-corrected chi connectivity index (χ0v) is 16.3. The molecule has 0 spiro atoms. The van der Waals surface area contributed by atoms with Gasteiger partial charge in [-0.3, -0.25) is 14.6 Å². The molecule has 0 aliphatic carbocycles. The first-order valence-electron chi connectivity index (χ1n) is 9.51. The first kappa shape index (κ1) is 20.6. The minimum Gasteiger partial charge on any atom is -0.406 e. The zero-order chi connectivity index (χ0) is 22.0. The molecule has 0 fully saturated rings. The highest BCUT2D eigenvalue weighted by Gasteiger charge is 2.34. The number of ether oxygens (including phenoxy) is 1. The van der Waals surface area contributed by atoms with Crippen molar-refractivity contribution in [1.82, 2.24) is 14.8 Å². The van der Waals surface area contributed by atoms with Crippen molar-refractivity contribution in [2.45, 2.75) is 6.36 Å². The van der Waals surface area contributed by atoms with Gasteiger partial charge in [0.2, 0.25) is 5.91 Å². The Morgan fingerprint density at radius 1 is 0.935 bits per heavy atom. The molecule has 1 aromatic heterocycles. The average molecular weight is 429 g/mol. The largest absolute Gasteiger partial charge is 0.573 e. The van der Waals surface area contributed by atoms with Crippen LogP contribution in [0.4, 0.5) is 13.2 Å². The molecule has 0 bridgehead atoms. The minimum absolute atomic E-state index is 0.134. The summed E-state index contributed by atoms with van der Waals surface area (Å²) in [4.78, 5) is 32.5. The molecule has 0 N–H and O–H groups in total. The van der Waals surface area contributed by atoms with Crippen LogP contribution in [0, 0.1) is 0 Å². The summed E-state index contributed by atoms with van der Waals surface area (Å²) in [6.07, 6.45) is -0.235. The van der Waals surface area contributed by atoms with E-state index in [0.29, 0.717) is 37.4 Å². The van der Waals surface area contributed by atoms with E-state index in [-0.39, 0.29) is 17.6 Å². The number of alkyl halides is 3. The maximum atomic E-state index is 12.5. The predicted molar refractivity (Wildman–Crippen MR) is 106 cm³/mol. The van der Waals surface area contributed by atoms with Gasteiger partial charge in [-0.25, -0.2) is 0 Å². The monoisotopic (exact) mass is 429 g/mol. The molecule has 31 heavy (non-hydrogen) atoms. The molecule has 2 amide bonds. The van der Waals surface area contributed by atoms with Crippen LogP contribution in [-0.2, 0) is 4.79 Å². The smallest absolute Gasteiger partial charge is 0.406 e. The third-order valence-electron chi connectivity index (χ3n) is 5.04. The van der Waals surface area contributed by atoms with Gasteiger partial charge in [-0.1, -0.05) is 18.2 Å². The molecular formula is C22H18F3N3O3. The lowest BCUT2D eigenvalue weighted by atomic mass is 10.2. The van der Waals surface area contributed by atoms with E-state index < -0.39 is 6.36 Å². The topological polar surface area (TPSA) is 62.7 Å². The second-order valence-electron chi connectivity index (χ2n) is 7.23. The molecule has 160 valence electrons. The minimum atomic E-state index is -4.74. The number of benzene rings is 1. The highest BCUT2D eigenvalue weighted by atomic mass is 19.4. The molecule has 2 aromatic rings. The summed E-state index contributed by atoms with van der Waals surface area (Å²) in [5, 5.41) is 0. The van der Waals surface area contributed by atoms with Crippen molar-refractivity contribution in [1.29, 1.82) is 0 Å². The van der Waals surface area contributed by atoms with E-state index in [2.05, 4.69) is 9.72 Å². The van der Waals surface area contributed by atoms with Crippen molar-refractivity contribution in [2.24, 2.45) is 0 Å². The van der Waals surface area contributed by atoms with Crippen molar-refractivity contribution in [2.75, 3.05) is 26.2 Å². The van der Waals surface area contributed by atoms with Gasteiger partial charge in [0.1, 0.15) is 11.4 Å². The van der Waals surface area contributed by atoms with Crippen LogP contribution in [-0.4, -0.2) is 59.1 Å². The van der Waals surface area contributed by atoms with Gasteiger partial charge in [0.25, 0.3) is 5.91 Å². The third kappa shape index (κ3) is 4.93. The molecule has 0 saturated carbocycles. The van der Waals surface area contributed by atoms with Crippen LogP contribution in [0.2, 0.25) is 0 Å². The second kappa shape index (κ2) is 8.25. The summed E-state index contributed by atoms with van der Waals surface area (Å²) in [5.41, 5.74) is 3.08. The summed E-state index contributed by atoms with van der Waals surface area (Å²) in [5.74, 6) is -0.653. The fourth-order valence-electron chi connectivity index (χ4n) is 3.58. The van der Waals surface area contributed by atoms with Crippen LogP contribution >= 0.6 is 0 Å². The molecule has 6 nitrogen and oxygen atoms in total. The van der Waals surface area contributed by atoms with Gasteiger partial charge in [0.15, 0.2) is 0 Å². The van der Waals surface area contributed by atoms with E-state index >= 15 is 0 Å². The normalized spacial score (nSPS) is 16.2. The van der Waals surface area contributed by atoms with Gasteiger partial charge in [0.05, 0.1) is 0 Å². The third-order valence-corrected chi connectivity index (χ3v) is 5.04. The molecule has 0 atom stereocenters. The highest BCUT2D eigenvalue weighted by Crippen LogP contribution is 2.27. The molecule has 0 radical (unpaired) electrons. The number of pyridine rings is 1. The zero-order valence-electron chi connectivity index (χ0n) is 16.3. The Kier molecular flexibility index (Phi) is 5.50. The quantitative estimate of drug-likeness (QED) is 0.553. The van der Waals surface area contributed by atoms with Crippen molar-refractivity contribution >= 4 is 17.9 Å². The first-order valence-corrected chi connectivity index (χ1v) is 9.51. The van der Waals surface area contributed by atoms with Crippen LogP contribution in [0.25, 0.3) is 6.08 Å². The van der Waals surface area contributed by atoms with E-state index in [4.69, 9.17) is 0 Å². The molecule has 9 heteroatoms. The Hall–Kier alpha value is -3.62. The number of aromatic nitrogens is 1. The van der Waals surface area contributed by atoms with E-state index in [1.807, 2.05) is 0 Å². The lowest BCUT2D eigenvalue weighted by Gasteiger charge is -2.22. The van der Waals surface area contributed by atoms with Crippen LogP contribution in [0.1, 0.15) is 16.1 Å². The summed E-state index contributed by atoms with van der Waals surface area (Å²) >= 11 is 0. The standard InChI is InChI=1S/C22H18F3N3O3/c23-22(24,25)31-18-7-4-15(5-8-18)6-9-20(29)27-11-16-13-28(14-17(16)12-27)21(30)19-3-1-2-10-26-19/h1-10H,11-14H2/b9-6+. The summed E-state index contributed by atoms with van der Waals surface area (Å²) in [6, 6.07) is 10.5. The fraction of sp³-hybridized carbons (Fsp3) is 0.227. The van der Waals surface area contributed by atoms with Crippen LogP contribution < -0.4 is 4.74 Å². The van der Waals surface area contributed by atoms with Gasteiger partial charge in [0, 0.05) is 38.5 Å². The molecular weight excluding hydrogens is 411 g/mol.